The van der Waals surface area contributed by atoms with Crippen molar-refractivity contribution < 1.29 is 0 Å². The molecule has 2 unspecified atom stereocenters. The summed E-state index contributed by atoms with van der Waals surface area (Å²) < 4.78 is 0. The lowest BCUT2D eigenvalue weighted by Gasteiger charge is -2.14. The highest BCUT2D eigenvalue weighted by atomic mass is 14.9. The molecule has 0 rings (SSSR count). The van der Waals surface area contributed by atoms with Crippen molar-refractivity contribution in [2.24, 2.45) is 5.92 Å². The predicted molar refractivity (Wildman–Crippen MR) is 47.1 cm³/mol. The van der Waals surface area contributed by atoms with Crippen molar-refractivity contribution in [3.8, 4) is 6.07 Å². The Balaban J connectivity index is 3.62. The fourth-order valence-electron chi connectivity index (χ4n) is 0.624. The van der Waals surface area contributed by atoms with E-state index in [1.54, 1.807) is 0 Å². The third kappa shape index (κ3) is 4.58. The van der Waals surface area contributed by atoms with Crippen molar-refractivity contribution in [2.75, 3.05) is 6.54 Å². The zero-order chi connectivity index (χ0) is 8.85. The highest BCUT2D eigenvalue weighted by molar-refractivity contribution is 4.94. The summed E-state index contributed by atoms with van der Waals surface area (Å²) in [6.07, 6.45) is 0. The first-order valence-corrected chi connectivity index (χ1v) is 3.85. The molecule has 0 saturated heterocycles. The van der Waals surface area contributed by atoms with E-state index in [1.807, 2.05) is 20.8 Å². The van der Waals surface area contributed by atoms with Crippen LogP contribution in [0.25, 0.3) is 0 Å². The summed E-state index contributed by atoms with van der Waals surface area (Å²) in [7, 11) is 0. The van der Waals surface area contributed by atoms with Crippen molar-refractivity contribution in [3.63, 3.8) is 0 Å². The van der Waals surface area contributed by atoms with Crippen molar-refractivity contribution >= 4 is 0 Å². The summed E-state index contributed by atoms with van der Waals surface area (Å²) in [6.45, 7) is 10.5. The van der Waals surface area contributed by atoms with Crippen LogP contribution in [0.5, 0.6) is 0 Å². The number of rotatable bonds is 4. The molecule has 0 bridgehead atoms. The van der Waals surface area contributed by atoms with Gasteiger partial charge in [0, 0.05) is 12.6 Å². The van der Waals surface area contributed by atoms with E-state index in [0.717, 1.165) is 12.1 Å². The van der Waals surface area contributed by atoms with Gasteiger partial charge in [-0.1, -0.05) is 12.2 Å². The third-order valence-electron chi connectivity index (χ3n) is 1.68. The van der Waals surface area contributed by atoms with Gasteiger partial charge in [-0.05, 0) is 20.8 Å². The van der Waals surface area contributed by atoms with Crippen molar-refractivity contribution in [1.29, 1.82) is 5.26 Å². The van der Waals surface area contributed by atoms with Gasteiger partial charge in [-0.15, -0.1) is 0 Å². The lowest BCUT2D eigenvalue weighted by atomic mass is 10.1. The Morgan fingerprint density at radius 3 is 2.55 bits per heavy atom. The Morgan fingerprint density at radius 1 is 1.64 bits per heavy atom. The third-order valence-corrected chi connectivity index (χ3v) is 1.68. The van der Waals surface area contributed by atoms with Crippen LogP contribution in [0.3, 0.4) is 0 Å². The van der Waals surface area contributed by atoms with Crippen LogP contribution in [0.4, 0.5) is 0 Å². The standard InChI is InChI=1S/C9H16N2/c1-7(2)6-11-9(4)8(3)5-10/h8-9,11H,1,6H2,2-4H3. The average Bonchev–Trinajstić information content (AvgIpc) is 1.98. The topological polar surface area (TPSA) is 35.8 Å². The molecule has 0 radical (unpaired) electrons. The van der Waals surface area contributed by atoms with Crippen LogP contribution in [0.15, 0.2) is 12.2 Å². The molecule has 2 nitrogen and oxygen atoms in total. The van der Waals surface area contributed by atoms with E-state index in [-0.39, 0.29) is 12.0 Å². The Morgan fingerprint density at radius 2 is 2.18 bits per heavy atom. The molecule has 0 aromatic rings. The van der Waals surface area contributed by atoms with Crippen molar-refractivity contribution in [1.82, 2.24) is 5.32 Å². The van der Waals surface area contributed by atoms with Crippen LogP contribution in [-0.2, 0) is 0 Å². The molecule has 0 aliphatic carbocycles. The molecular weight excluding hydrogens is 136 g/mol. The van der Waals surface area contributed by atoms with Crippen LogP contribution in [0.1, 0.15) is 20.8 Å². The van der Waals surface area contributed by atoms with Crippen LogP contribution in [0, 0.1) is 17.2 Å². The fourth-order valence-corrected chi connectivity index (χ4v) is 0.624. The van der Waals surface area contributed by atoms with Gasteiger partial charge in [-0.3, -0.25) is 0 Å². The molecule has 11 heavy (non-hydrogen) atoms. The maximum atomic E-state index is 8.56. The van der Waals surface area contributed by atoms with E-state index in [4.69, 9.17) is 5.26 Å². The van der Waals surface area contributed by atoms with Crippen LogP contribution in [0.2, 0.25) is 0 Å². The normalized spacial score (nSPS) is 15.1. The average molecular weight is 152 g/mol. The number of hydrogen-bond donors (Lipinski definition) is 1. The summed E-state index contributed by atoms with van der Waals surface area (Å²) >= 11 is 0. The second-order valence-electron chi connectivity index (χ2n) is 3.04. The zero-order valence-corrected chi connectivity index (χ0v) is 7.52. The van der Waals surface area contributed by atoms with E-state index in [0.29, 0.717) is 0 Å². The quantitative estimate of drug-likeness (QED) is 0.622. The van der Waals surface area contributed by atoms with Crippen LogP contribution < -0.4 is 5.32 Å². The number of nitriles is 1. The van der Waals surface area contributed by atoms with Gasteiger partial charge in [-0.25, -0.2) is 0 Å². The molecular formula is C9H16N2. The Kier molecular flexibility index (Phi) is 4.56. The minimum Gasteiger partial charge on any atom is -0.309 e. The molecule has 62 valence electrons. The van der Waals surface area contributed by atoms with Gasteiger partial charge in [0.1, 0.15) is 0 Å². The monoisotopic (exact) mass is 152 g/mol. The second kappa shape index (κ2) is 4.92. The van der Waals surface area contributed by atoms with Gasteiger partial charge in [0.15, 0.2) is 0 Å². The molecule has 0 fully saturated rings. The summed E-state index contributed by atoms with van der Waals surface area (Å²) in [5.41, 5.74) is 1.10. The van der Waals surface area contributed by atoms with Gasteiger partial charge in [0.05, 0.1) is 12.0 Å². The molecule has 2 atom stereocenters. The van der Waals surface area contributed by atoms with Gasteiger partial charge >= 0.3 is 0 Å². The SMILES string of the molecule is C=C(C)CNC(C)C(C)C#N. The summed E-state index contributed by atoms with van der Waals surface area (Å²) in [5, 5.41) is 11.8. The van der Waals surface area contributed by atoms with Crippen molar-refractivity contribution in [2.45, 2.75) is 26.8 Å². The maximum Gasteiger partial charge on any atom is 0.0669 e. The Labute approximate surface area is 68.9 Å². The van der Waals surface area contributed by atoms with E-state index >= 15 is 0 Å². The maximum absolute atomic E-state index is 8.56. The molecule has 0 aromatic heterocycles. The van der Waals surface area contributed by atoms with E-state index in [9.17, 15) is 0 Å². The first-order chi connectivity index (χ1) is 5.07. The number of nitrogens with zero attached hydrogens (tertiary/aromatic N) is 1. The van der Waals surface area contributed by atoms with E-state index in [1.165, 1.54) is 0 Å². The summed E-state index contributed by atoms with van der Waals surface area (Å²) in [4.78, 5) is 0. The minimum atomic E-state index is 0.0642. The molecule has 0 aliphatic heterocycles. The van der Waals surface area contributed by atoms with Gasteiger partial charge < -0.3 is 5.32 Å². The lowest BCUT2D eigenvalue weighted by molar-refractivity contribution is 0.485. The van der Waals surface area contributed by atoms with Crippen LogP contribution in [-0.4, -0.2) is 12.6 Å². The molecule has 1 N–H and O–H groups in total. The molecule has 0 aliphatic rings. The largest absolute Gasteiger partial charge is 0.309 e. The van der Waals surface area contributed by atoms with Gasteiger partial charge in [0.2, 0.25) is 0 Å². The lowest BCUT2D eigenvalue weighted by Crippen LogP contribution is -2.32. The summed E-state index contributed by atoms with van der Waals surface area (Å²) in [5.74, 6) is 0.0642. The minimum absolute atomic E-state index is 0.0642. The van der Waals surface area contributed by atoms with Gasteiger partial charge in [0.25, 0.3) is 0 Å². The first-order valence-electron chi connectivity index (χ1n) is 3.85. The van der Waals surface area contributed by atoms with Gasteiger partial charge in [-0.2, -0.15) is 5.26 Å². The molecule has 0 saturated carbocycles. The summed E-state index contributed by atoms with van der Waals surface area (Å²) in [6, 6.07) is 2.44. The number of nitrogens with one attached hydrogen (secondary N) is 1. The molecule has 0 amide bonds. The molecule has 0 heterocycles. The molecule has 0 aromatic carbocycles. The van der Waals surface area contributed by atoms with E-state index < -0.39 is 0 Å². The van der Waals surface area contributed by atoms with E-state index in [2.05, 4.69) is 18.0 Å². The van der Waals surface area contributed by atoms with Crippen LogP contribution >= 0.6 is 0 Å². The predicted octanol–water partition coefficient (Wildman–Crippen LogP) is 1.70. The Hall–Kier alpha value is -0.810. The van der Waals surface area contributed by atoms with Crippen molar-refractivity contribution in [3.05, 3.63) is 12.2 Å². The Bertz CT molecular complexity index is 167. The number of hydrogen-bond acceptors (Lipinski definition) is 2. The zero-order valence-electron chi connectivity index (χ0n) is 7.52. The highest BCUT2D eigenvalue weighted by Gasteiger charge is 2.08. The smallest absolute Gasteiger partial charge is 0.0669 e. The highest BCUT2D eigenvalue weighted by Crippen LogP contribution is 1.99. The first kappa shape index (κ1) is 10.2. The molecule has 2 heteroatoms. The second-order valence-corrected chi connectivity index (χ2v) is 3.04. The molecule has 0 spiro atoms. The fraction of sp³-hybridized carbons (Fsp3) is 0.667.